The molecule has 0 saturated carbocycles. The Hall–Kier alpha value is -1.56. The molecule has 0 aromatic carbocycles. The van der Waals surface area contributed by atoms with Crippen LogP contribution in [-0.2, 0) is 19.1 Å². The van der Waals surface area contributed by atoms with Crippen LogP contribution < -0.4 is 5.48 Å². The van der Waals surface area contributed by atoms with Crippen molar-refractivity contribution in [3.8, 4) is 0 Å². The number of hydroxylamine groups is 1. The number of rotatable bonds is 6. The molecule has 6 heteroatoms. The van der Waals surface area contributed by atoms with E-state index in [1.54, 1.807) is 13.8 Å². The first-order chi connectivity index (χ1) is 7.07. The van der Waals surface area contributed by atoms with Crippen molar-refractivity contribution >= 4 is 12.1 Å². The molecule has 0 aliphatic heterocycles. The standard InChI is InChI=1S/C9H15NO5/c1-4-13-9(12)15-10-5-6-14-8(11)7(2)3/h10H,2,4-6H2,1,3H3. The monoisotopic (exact) mass is 217 g/mol. The van der Waals surface area contributed by atoms with Crippen molar-refractivity contribution in [2.24, 2.45) is 0 Å². The lowest BCUT2D eigenvalue weighted by Crippen LogP contribution is -2.25. The Balaban J connectivity index is 3.36. The van der Waals surface area contributed by atoms with Crippen LogP contribution in [-0.4, -0.2) is 31.9 Å². The van der Waals surface area contributed by atoms with Crippen LogP contribution in [0.25, 0.3) is 0 Å². The van der Waals surface area contributed by atoms with Gasteiger partial charge in [0.2, 0.25) is 0 Å². The third kappa shape index (κ3) is 7.51. The van der Waals surface area contributed by atoms with E-state index in [0.29, 0.717) is 5.57 Å². The topological polar surface area (TPSA) is 73.9 Å². The largest absolute Gasteiger partial charge is 0.527 e. The minimum Gasteiger partial charge on any atom is -0.461 e. The molecule has 86 valence electrons. The summed E-state index contributed by atoms with van der Waals surface area (Å²) in [6.45, 7) is 7.14. The van der Waals surface area contributed by atoms with Crippen molar-refractivity contribution in [2.75, 3.05) is 19.8 Å². The molecule has 0 atom stereocenters. The number of nitrogens with one attached hydrogen (secondary N) is 1. The summed E-state index contributed by atoms with van der Waals surface area (Å²) in [5, 5.41) is 0. The number of ether oxygens (including phenoxy) is 2. The average Bonchev–Trinajstić information content (AvgIpc) is 2.17. The van der Waals surface area contributed by atoms with Gasteiger partial charge in [0.15, 0.2) is 0 Å². The molecule has 0 aromatic rings. The van der Waals surface area contributed by atoms with Gasteiger partial charge in [-0.1, -0.05) is 6.58 Å². The second-order valence-corrected chi connectivity index (χ2v) is 2.60. The summed E-state index contributed by atoms with van der Waals surface area (Å²) in [6.07, 6.45) is -0.816. The van der Waals surface area contributed by atoms with Crippen molar-refractivity contribution < 1.29 is 23.9 Å². The number of esters is 1. The Morgan fingerprint density at radius 1 is 1.33 bits per heavy atom. The quantitative estimate of drug-likeness (QED) is 0.307. The molecule has 0 spiro atoms. The van der Waals surface area contributed by atoms with Crippen LogP contribution in [0.5, 0.6) is 0 Å². The number of carbonyl (C=O) groups excluding carboxylic acids is 2. The van der Waals surface area contributed by atoms with Crippen molar-refractivity contribution in [3.63, 3.8) is 0 Å². The van der Waals surface area contributed by atoms with Crippen LogP contribution >= 0.6 is 0 Å². The summed E-state index contributed by atoms with van der Waals surface area (Å²) < 4.78 is 9.17. The fourth-order valence-electron chi connectivity index (χ4n) is 0.566. The molecule has 0 amide bonds. The van der Waals surface area contributed by atoms with Crippen molar-refractivity contribution in [2.45, 2.75) is 13.8 Å². The molecule has 0 aliphatic carbocycles. The molecule has 0 radical (unpaired) electrons. The third-order valence-electron chi connectivity index (χ3n) is 1.20. The second-order valence-electron chi connectivity index (χ2n) is 2.60. The maximum Gasteiger partial charge on any atom is 0.527 e. The molecular weight excluding hydrogens is 202 g/mol. The summed E-state index contributed by atoms with van der Waals surface area (Å²) in [4.78, 5) is 25.9. The first-order valence-corrected chi connectivity index (χ1v) is 4.47. The maximum atomic E-state index is 10.9. The molecule has 15 heavy (non-hydrogen) atoms. The Morgan fingerprint density at radius 3 is 2.53 bits per heavy atom. The molecule has 0 saturated heterocycles. The number of carbonyl (C=O) groups is 2. The molecule has 0 fully saturated rings. The predicted octanol–water partition coefficient (Wildman–Crippen LogP) is 0.783. The van der Waals surface area contributed by atoms with E-state index in [-0.39, 0.29) is 19.8 Å². The molecule has 0 bridgehead atoms. The molecule has 0 aliphatic rings. The van der Waals surface area contributed by atoms with Gasteiger partial charge in [0.25, 0.3) is 0 Å². The lowest BCUT2D eigenvalue weighted by molar-refractivity contribution is -0.139. The molecular formula is C9H15NO5. The van der Waals surface area contributed by atoms with Gasteiger partial charge < -0.3 is 14.3 Å². The third-order valence-corrected chi connectivity index (χ3v) is 1.20. The lowest BCUT2D eigenvalue weighted by atomic mass is 10.4. The highest BCUT2D eigenvalue weighted by molar-refractivity contribution is 5.86. The minimum atomic E-state index is -0.816. The average molecular weight is 217 g/mol. The van der Waals surface area contributed by atoms with E-state index in [1.165, 1.54) is 0 Å². The summed E-state index contributed by atoms with van der Waals surface area (Å²) in [7, 11) is 0. The van der Waals surface area contributed by atoms with Gasteiger partial charge in [-0.05, 0) is 13.8 Å². The lowest BCUT2D eigenvalue weighted by Gasteiger charge is -2.06. The van der Waals surface area contributed by atoms with Gasteiger partial charge in [0.1, 0.15) is 6.61 Å². The molecule has 0 rings (SSSR count). The van der Waals surface area contributed by atoms with Crippen LogP contribution in [0.1, 0.15) is 13.8 Å². The Bertz CT molecular complexity index is 239. The highest BCUT2D eigenvalue weighted by Gasteiger charge is 2.03. The van der Waals surface area contributed by atoms with Crippen LogP contribution in [0.15, 0.2) is 12.2 Å². The van der Waals surface area contributed by atoms with Crippen LogP contribution in [0, 0.1) is 0 Å². The Kier molecular flexibility index (Phi) is 7.00. The summed E-state index contributed by atoms with van der Waals surface area (Å²) >= 11 is 0. The second kappa shape index (κ2) is 7.81. The van der Waals surface area contributed by atoms with Crippen LogP contribution in [0.2, 0.25) is 0 Å². The molecule has 1 N–H and O–H groups in total. The van der Waals surface area contributed by atoms with E-state index >= 15 is 0 Å². The first-order valence-electron chi connectivity index (χ1n) is 4.47. The molecule has 0 heterocycles. The molecule has 0 unspecified atom stereocenters. The van der Waals surface area contributed by atoms with Crippen molar-refractivity contribution in [1.29, 1.82) is 0 Å². The predicted molar refractivity (Wildman–Crippen MR) is 51.9 cm³/mol. The van der Waals surface area contributed by atoms with E-state index in [1.807, 2.05) is 0 Å². The van der Waals surface area contributed by atoms with E-state index in [2.05, 4.69) is 21.6 Å². The van der Waals surface area contributed by atoms with E-state index in [0.717, 1.165) is 0 Å². The highest BCUT2D eigenvalue weighted by Crippen LogP contribution is 1.90. The maximum absolute atomic E-state index is 10.9. The molecule has 6 nitrogen and oxygen atoms in total. The van der Waals surface area contributed by atoms with E-state index < -0.39 is 12.1 Å². The van der Waals surface area contributed by atoms with Crippen molar-refractivity contribution in [1.82, 2.24) is 5.48 Å². The summed E-state index contributed by atoms with van der Waals surface area (Å²) in [6, 6.07) is 0. The number of hydrogen-bond donors (Lipinski definition) is 1. The van der Waals surface area contributed by atoms with Crippen molar-refractivity contribution in [3.05, 3.63) is 12.2 Å². The summed E-state index contributed by atoms with van der Waals surface area (Å²) in [5.74, 6) is -0.479. The Morgan fingerprint density at radius 2 is 2.00 bits per heavy atom. The fraction of sp³-hybridized carbons (Fsp3) is 0.556. The van der Waals surface area contributed by atoms with Gasteiger partial charge in [0, 0.05) is 5.57 Å². The zero-order valence-corrected chi connectivity index (χ0v) is 8.87. The highest BCUT2D eigenvalue weighted by atomic mass is 16.8. The zero-order chi connectivity index (χ0) is 11.7. The minimum absolute atomic E-state index is 0.0884. The SMILES string of the molecule is C=C(C)C(=O)OCCNOC(=O)OCC. The number of hydrogen-bond acceptors (Lipinski definition) is 6. The van der Waals surface area contributed by atoms with Gasteiger partial charge in [0.05, 0.1) is 13.2 Å². The van der Waals surface area contributed by atoms with Gasteiger partial charge in [-0.3, -0.25) is 0 Å². The van der Waals surface area contributed by atoms with Gasteiger partial charge in [-0.15, -0.1) is 5.48 Å². The Labute approximate surface area is 88.1 Å². The fourth-order valence-corrected chi connectivity index (χ4v) is 0.566. The smallest absolute Gasteiger partial charge is 0.461 e. The summed E-state index contributed by atoms with van der Waals surface area (Å²) in [5.41, 5.74) is 2.60. The van der Waals surface area contributed by atoms with Crippen LogP contribution in [0.4, 0.5) is 4.79 Å². The zero-order valence-electron chi connectivity index (χ0n) is 8.87. The van der Waals surface area contributed by atoms with E-state index in [9.17, 15) is 9.59 Å². The normalized spacial score (nSPS) is 9.20. The molecule has 0 aromatic heterocycles. The van der Waals surface area contributed by atoms with E-state index in [4.69, 9.17) is 4.74 Å². The van der Waals surface area contributed by atoms with Gasteiger partial charge in [-0.25, -0.2) is 9.59 Å². The first kappa shape index (κ1) is 13.4. The van der Waals surface area contributed by atoms with Gasteiger partial charge >= 0.3 is 12.1 Å². The van der Waals surface area contributed by atoms with Gasteiger partial charge in [-0.2, -0.15) is 0 Å². The van der Waals surface area contributed by atoms with Crippen LogP contribution in [0.3, 0.4) is 0 Å².